The molecule has 2 N–H and O–H groups in total. The van der Waals surface area contributed by atoms with Gasteiger partial charge in [-0.2, -0.15) is 5.10 Å². The second kappa shape index (κ2) is 6.82. The van der Waals surface area contributed by atoms with E-state index in [1.54, 1.807) is 12.1 Å². The molecule has 26 heavy (non-hydrogen) atoms. The number of nitrogens with one attached hydrogen (secondary N) is 2. The smallest absolute Gasteiger partial charge is 0.338 e. The summed E-state index contributed by atoms with van der Waals surface area (Å²) in [5.41, 5.74) is 3.91. The van der Waals surface area contributed by atoms with Crippen molar-refractivity contribution in [1.82, 2.24) is 19.6 Å². The van der Waals surface area contributed by atoms with Gasteiger partial charge in [-0.05, 0) is 31.9 Å². The Morgan fingerprint density at radius 2 is 2.15 bits per heavy atom. The molecule has 1 saturated carbocycles. The third-order valence-corrected chi connectivity index (χ3v) is 5.08. The number of fused-ring (bicyclic) bond motifs is 1. The lowest BCUT2D eigenvalue weighted by Crippen LogP contribution is -2.23. The number of pyridine rings is 1. The van der Waals surface area contributed by atoms with E-state index >= 15 is 0 Å². The molecule has 3 heterocycles. The van der Waals surface area contributed by atoms with Gasteiger partial charge in [0.15, 0.2) is 0 Å². The summed E-state index contributed by atoms with van der Waals surface area (Å²) in [6.45, 7) is 1.96. The number of nitrogens with zero attached hydrogens (tertiary/aromatic N) is 3. The predicted molar refractivity (Wildman–Crippen MR) is 99.3 cm³/mol. The Morgan fingerprint density at radius 3 is 2.85 bits per heavy atom. The Morgan fingerprint density at radius 1 is 1.35 bits per heavy atom. The largest absolute Gasteiger partial charge is 0.465 e. The van der Waals surface area contributed by atoms with Gasteiger partial charge < -0.3 is 10.1 Å². The Bertz CT molecular complexity index is 937. The number of H-pyrrole nitrogens is 1. The van der Waals surface area contributed by atoms with Crippen LogP contribution in [-0.2, 0) is 4.74 Å². The van der Waals surface area contributed by atoms with Gasteiger partial charge >= 0.3 is 5.97 Å². The number of aryl methyl sites for hydroxylation is 1. The number of anilines is 1. The molecule has 0 saturated heterocycles. The van der Waals surface area contributed by atoms with E-state index in [0.717, 1.165) is 35.6 Å². The minimum atomic E-state index is -0.363. The first-order chi connectivity index (χ1) is 12.7. The summed E-state index contributed by atoms with van der Waals surface area (Å²) in [7, 11) is 1.38. The van der Waals surface area contributed by atoms with Gasteiger partial charge in [-0.15, -0.1) is 0 Å². The van der Waals surface area contributed by atoms with Crippen LogP contribution in [0.25, 0.3) is 16.9 Å². The molecule has 0 spiro atoms. The van der Waals surface area contributed by atoms with E-state index in [0.29, 0.717) is 17.3 Å². The van der Waals surface area contributed by atoms with E-state index in [1.165, 1.54) is 26.4 Å². The summed E-state index contributed by atoms with van der Waals surface area (Å²) in [5, 5.41) is 10.8. The fraction of sp³-hybridized carbons (Fsp3) is 0.421. The summed E-state index contributed by atoms with van der Waals surface area (Å²) in [6, 6.07) is 3.96. The maximum Gasteiger partial charge on any atom is 0.338 e. The fourth-order valence-electron chi connectivity index (χ4n) is 3.65. The number of carbonyl (C=O) groups is 1. The van der Waals surface area contributed by atoms with Gasteiger partial charge in [-0.3, -0.25) is 9.50 Å². The second-order valence-corrected chi connectivity index (χ2v) is 6.81. The summed E-state index contributed by atoms with van der Waals surface area (Å²) in [4.78, 5) is 16.7. The van der Waals surface area contributed by atoms with E-state index in [2.05, 4.69) is 15.5 Å². The monoisotopic (exact) mass is 353 g/mol. The number of aromatic nitrogens is 4. The van der Waals surface area contributed by atoms with Crippen LogP contribution < -0.4 is 5.32 Å². The lowest BCUT2D eigenvalue weighted by molar-refractivity contribution is 0.0600. The average Bonchev–Trinajstić information content (AvgIpc) is 3.25. The lowest BCUT2D eigenvalue weighted by Gasteiger charge is -2.24. The minimum absolute atomic E-state index is 0.363. The number of hydrogen-bond donors (Lipinski definition) is 2. The first kappa shape index (κ1) is 16.6. The Kier molecular flexibility index (Phi) is 4.36. The number of carbonyl (C=O) groups excluding carboxylic acids is 1. The number of esters is 1. The second-order valence-electron chi connectivity index (χ2n) is 6.81. The Balaban J connectivity index is 1.82. The van der Waals surface area contributed by atoms with Crippen LogP contribution in [0.5, 0.6) is 0 Å². The molecule has 0 aliphatic heterocycles. The molecule has 1 aliphatic carbocycles. The molecule has 3 aromatic rings. The van der Waals surface area contributed by atoms with Crippen molar-refractivity contribution in [3.05, 3.63) is 35.8 Å². The standard InChI is InChI=1S/C19H23N5O2/c1-12-15(11-20-23-12)17-18(21-14-6-4-3-5-7-14)24-9-8-13(19(25)26-2)10-16(24)22-17/h8-11,14,21H,3-7H2,1-2H3,(H,20,23). The zero-order valence-electron chi connectivity index (χ0n) is 15.1. The predicted octanol–water partition coefficient (Wildman–Crippen LogP) is 3.56. The van der Waals surface area contributed by atoms with Crippen LogP contribution in [0, 0.1) is 6.92 Å². The normalized spacial score (nSPS) is 15.3. The SMILES string of the molecule is COC(=O)c1ccn2c(NC3CCCCC3)c(-c3c[nH]nc3C)nc2c1. The van der Waals surface area contributed by atoms with E-state index < -0.39 is 0 Å². The molecular weight excluding hydrogens is 330 g/mol. The van der Waals surface area contributed by atoms with Crippen LogP contribution in [0.1, 0.15) is 48.2 Å². The van der Waals surface area contributed by atoms with Crippen molar-refractivity contribution in [2.24, 2.45) is 0 Å². The zero-order valence-corrected chi connectivity index (χ0v) is 15.1. The summed E-state index contributed by atoms with van der Waals surface area (Å²) in [6.07, 6.45) is 9.88. The van der Waals surface area contributed by atoms with Gasteiger partial charge in [-0.1, -0.05) is 19.3 Å². The molecule has 4 rings (SSSR count). The third kappa shape index (κ3) is 2.94. The number of ether oxygens (including phenoxy) is 1. The first-order valence-corrected chi connectivity index (χ1v) is 9.05. The van der Waals surface area contributed by atoms with Gasteiger partial charge in [0.1, 0.15) is 17.2 Å². The molecule has 1 aliphatic rings. The maximum absolute atomic E-state index is 11.9. The summed E-state index contributed by atoms with van der Waals surface area (Å²) >= 11 is 0. The Hall–Kier alpha value is -2.83. The van der Waals surface area contributed by atoms with Gasteiger partial charge in [0.2, 0.25) is 0 Å². The van der Waals surface area contributed by atoms with Crippen molar-refractivity contribution in [2.75, 3.05) is 12.4 Å². The molecule has 0 atom stereocenters. The minimum Gasteiger partial charge on any atom is -0.465 e. The van der Waals surface area contributed by atoms with Crippen molar-refractivity contribution >= 4 is 17.4 Å². The molecule has 7 heteroatoms. The highest BCUT2D eigenvalue weighted by molar-refractivity contribution is 5.91. The molecule has 3 aromatic heterocycles. The highest BCUT2D eigenvalue weighted by Crippen LogP contribution is 2.32. The zero-order chi connectivity index (χ0) is 18.1. The molecule has 136 valence electrons. The summed E-state index contributed by atoms with van der Waals surface area (Å²) < 4.78 is 6.83. The van der Waals surface area contributed by atoms with Gasteiger partial charge in [0, 0.05) is 24.0 Å². The van der Waals surface area contributed by atoms with Crippen LogP contribution in [0.3, 0.4) is 0 Å². The number of methoxy groups -OCH3 is 1. The van der Waals surface area contributed by atoms with E-state index in [-0.39, 0.29) is 5.97 Å². The molecule has 0 radical (unpaired) electrons. The molecular formula is C19H23N5O2. The van der Waals surface area contributed by atoms with E-state index in [4.69, 9.17) is 9.72 Å². The average molecular weight is 353 g/mol. The van der Waals surface area contributed by atoms with Crippen LogP contribution >= 0.6 is 0 Å². The van der Waals surface area contributed by atoms with E-state index in [1.807, 2.05) is 23.7 Å². The van der Waals surface area contributed by atoms with Crippen LogP contribution in [0.15, 0.2) is 24.5 Å². The molecule has 0 amide bonds. The Labute approximate surface area is 151 Å². The number of rotatable bonds is 4. The van der Waals surface area contributed by atoms with E-state index in [9.17, 15) is 4.79 Å². The topological polar surface area (TPSA) is 84.3 Å². The molecule has 0 aromatic carbocycles. The van der Waals surface area contributed by atoms with Crippen molar-refractivity contribution in [1.29, 1.82) is 0 Å². The van der Waals surface area contributed by atoms with Gasteiger partial charge in [0.25, 0.3) is 0 Å². The third-order valence-electron chi connectivity index (χ3n) is 5.08. The number of imidazole rings is 1. The highest BCUT2D eigenvalue weighted by atomic mass is 16.5. The maximum atomic E-state index is 11.9. The van der Waals surface area contributed by atoms with Gasteiger partial charge in [-0.25, -0.2) is 9.78 Å². The molecule has 0 unspecified atom stereocenters. The number of aromatic amines is 1. The van der Waals surface area contributed by atoms with Gasteiger partial charge in [0.05, 0.1) is 18.4 Å². The molecule has 1 fully saturated rings. The number of hydrogen-bond acceptors (Lipinski definition) is 5. The van der Waals surface area contributed by atoms with Crippen molar-refractivity contribution in [3.8, 4) is 11.3 Å². The quantitative estimate of drug-likeness (QED) is 0.701. The van der Waals surface area contributed by atoms with Crippen LogP contribution in [0.2, 0.25) is 0 Å². The van der Waals surface area contributed by atoms with Crippen molar-refractivity contribution in [2.45, 2.75) is 45.1 Å². The van der Waals surface area contributed by atoms with Crippen LogP contribution in [-0.4, -0.2) is 38.7 Å². The highest BCUT2D eigenvalue weighted by Gasteiger charge is 2.22. The van der Waals surface area contributed by atoms with Crippen molar-refractivity contribution < 1.29 is 9.53 Å². The van der Waals surface area contributed by atoms with Crippen molar-refractivity contribution in [3.63, 3.8) is 0 Å². The molecule has 7 nitrogen and oxygen atoms in total. The first-order valence-electron chi connectivity index (χ1n) is 9.05. The lowest BCUT2D eigenvalue weighted by atomic mass is 9.95. The van der Waals surface area contributed by atoms with Crippen LogP contribution in [0.4, 0.5) is 5.82 Å². The molecule has 0 bridgehead atoms. The fourth-order valence-corrected chi connectivity index (χ4v) is 3.65. The summed E-state index contributed by atoms with van der Waals surface area (Å²) in [5.74, 6) is 0.589.